The number of carbonyl (C=O) groups is 1. The molecule has 0 radical (unpaired) electrons. The highest BCUT2D eigenvalue weighted by Gasteiger charge is 2.17. The van der Waals surface area contributed by atoms with Gasteiger partial charge < -0.3 is 4.74 Å². The Kier molecular flexibility index (Phi) is 3.88. The second-order valence-electron chi connectivity index (χ2n) is 3.91. The molecule has 5 nitrogen and oxygen atoms in total. The van der Waals surface area contributed by atoms with Crippen LogP contribution in [0.1, 0.15) is 10.4 Å². The van der Waals surface area contributed by atoms with E-state index in [2.05, 4.69) is 0 Å². The van der Waals surface area contributed by atoms with Crippen molar-refractivity contribution in [3.8, 4) is 11.5 Å². The molecule has 0 spiro atoms. The number of hydrogen-bond acceptors (Lipinski definition) is 4. The fraction of sp³-hybridized carbons (Fsp3) is 0. The molecular weight excluding hydrogens is 291 g/mol. The molecule has 108 valence electrons. The van der Waals surface area contributed by atoms with E-state index in [-0.39, 0.29) is 11.8 Å². The van der Waals surface area contributed by atoms with Gasteiger partial charge in [-0.25, -0.2) is 13.2 Å². The Morgan fingerprint density at radius 1 is 1.05 bits per heavy atom. The number of ether oxygens (including phenoxy) is 1. The highest BCUT2D eigenvalue weighted by atomic mass is 19.1. The number of halogens is 3. The normalized spacial score (nSPS) is 10.2. The van der Waals surface area contributed by atoms with Crippen LogP contribution in [0.2, 0.25) is 0 Å². The Morgan fingerprint density at radius 3 is 2.14 bits per heavy atom. The summed E-state index contributed by atoms with van der Waals surface area (Å²) in [6.07, 6.45) is 0.238. The summed E-state index contributed by atoms with van der Waals surface area (Å²) in [5.41, 5.74) is -0.779. The third kappa shape index (κ3) is 2.99. The zero-order chi connectivity index (χ0) is 15.6. The van der Waals surface area contributed by atoms with Crippen LogP contribution in [-0.2, 0) is 0 Å². The Labute approximate surface area is 115 Å². The van der Waals surface area contributed by atoms with Gasteiger partial charge in [0, 0.05) is 11.6 Å². The molecule has 0 heterocycles. The Bertz CT molecular complexity index is 710. The molecule has 0 saturated carbocycles. The van der Waals surface area contributed by atoms with E-state index in [0.717, 1.165) is 12.1 Å². The second kappa shape index (κ2) is 5.61. The van der Waals surface area contributed by atoms with E-state index in [1.165, 1.54) is 0 Å². The van der Waals surface area contributed by atoms with E-state index in [1.807, 2.05) is 0 Å². The maximum absolute atomic E-state index is 13.6. The minimum atomic E-state index is -1.20. The summed E-state index contributed by atoms with van der Waals surface area (Å²) in [5, 5.41) is 10.4. The zero-order valence-corrected chi connectivity index (χ0v) is 10.2. The molecule has 2 rings (SSSR count). The number of carbonyl (C=O) groups excluding carboxylic acids is 1. The second-order valence-corrected chi connectivity index (χ2v) is 3.91. The first-order valence-electron chi connectivity index (χ1n) is 5.48. The van der Waals surface area contributed by atoms with Gasteiger partial charge in [0.15, 0.2) is 29.0 Å². The highest BCUT2D eigenvalue weighted by molar-refractivity contribution is 5.75. The van der Waals surface area contributed by atoms with Crippen LogP contribution in [0.25, 0.3) is 0 Å². The maximum atomic E-state index is 13.6. The molecular formula is C13H6F3NO4. The van der Waals surface area contributed by atoms with Crippen molar-refractivity contribution in [2.24, 2.45) is 0 Å². The highest BCUT2D eigenvalue weighted by Crippen LogP contribution is 2.31. The van der Waals surface area contributed by atoms with Crippen molar-refractivity contribution in [3.05, 3.63) is 63.5 Å². The Morgan fingerprint density at radius 2 is 1.67 bits per heavy atom. The smallest absolute Gasteiger partial charge is 0.272 e. The van der Waals surface area contributed by atoms with Crippen molar-refractivity contribution in [3.63, 3.8) is 0 Å². The maximum Gasteiger partial charge on any atom is 0.272 e. The summed E-state index contributed by atoms with van der Waals surface area (Å²) in [6, 6.07) is 3.79. The van der Waals surface area contributed by atoms with Crippen molar-refractivity contribution in [2.45, 2.75) is 0 Å². The van der Waals surface area contributed by atoms with Gasteiger partial charge in [-0.1, -0.05) is 0 Å². The average Bonchev–Trinajstić information content (AvgIpc) is 2.43. The van der Waals surface area contributed by atoms with Gasteiger partial charge in [-0.05, 0) is 18.2 Å². The lowest BCUT2D eigenvalue weighted by molar-refractivity contribution is -0.385. The van der Waals surface area contributed by atoms with Crippen LogP contribution < -0.4 is 4.74 Å². The fourth-order valence-electron chi connectivity index (χ4n) is 1.54. The predicted octanol–water partition coefficient (Wildman–Crippen LogP) is 3.62. The van der Waals surface area contributed by atoms with E-state index in [0.29, 0.717) is 18.2 Å². The molecule has 0 unspecified atom stereocenters. The predicted molar refractivity (Wildman–Crippen MR) is 64.9 cm³/mol. The van der Waals surface area contributed by atoms with Gasteiger partial charge in [0.1, 0.15) is 6.29 Å². The van der Waals surface area contributed by atoms with Crippen molar-refractivity contribution in [1.29, 1.82) is 0 Å². The first-order chi connectivity index (χ1) is 9.92. The molecule has 0 aliphatic rings. The number of nitro benzene ring substituents is 1. The summed E-state index contributed by atoms with van der Waals surface area (Å²) >= 11 is 0. The summed E-state index contributed by atoms with van der Waals surface area (Å²) in [7, 11) is 0. The largest absolute Gasteiger partial charge is 0.448 e. The SMILES string of the molecule is O=Cc1cc(F)c(Oc2ccc([N+](=O)[O-])cc2F)c(F)c1. The zero-order valence-electron chi connectivity index (χ0n) is 10.2. The van der Waals surface area contributed by atoms with Gasteiger partial charge in [0.05, 0.1) is 11.0 Å². The van der Waals surface area contributed by atoms with Gasteiger partial charge in [0.25, 0.3) is 5.69 Å². The van der Waals surface area contributed by atoms with Crippen LogP contribution in [-0.4, -0.2) is 11.2 Å². The Hall–Kier alpha value is -2.90. The minimum absolute atomic E-state index is 0.238. The van der Waals surface area contributed by atoms with Crippen molar-refractivity contribution < 1.29 is 27.6 Å². The quantitative estimate of drug-likeness (QED) is 0.491. The number of non-ortho nitro benzene ring substituents is 1. The van der Waals surface area contributed by atoms with Crippen LogP contribution in [0.3, 0.4) is 0 Å². The molecule has 0 amide bonds. The molecule has 0 aliphatic heterocycles. The number of benzene rings is 2. The number of nitro groups is 1. The van der Waals surface area contributed by atoms with Crippen LogP contribution in [0, 0.1) is 27.6 Å². The van der Waals surface area contributed by atoms with E-state index < -0.39 is 39.6 Å². The molecule has 0 fully saturated rings. The summed E-state index contributed by atoms with van der Waals surface area (Å²) in [6.45, 7) is 0. The molecule has 21 heavy (non-hydrogen) atoms. The van der Waals surface area contributed by atoms with Gasteiger partial charge >= 0.3 is 0 Å². The third-order valence-corrected chi connectivity index (χ3v) is 2.49. The van der Waals surface area contributed by atoms with Gasteiger partial charge in [-0.2, -0.15) is 0 Å². The minimum Gasteiger partial charge on any atom is -0.448 e. The lowest BCUT2D eigenvalue weighted by atomic mass is 10.2. The summed E-state index contributed by atoms with van der Waals surface area (Å²) < 4.78 is 45.5. The lowest BCUT2D eigenvalue weighted by Gasteiger charge is -2.09. The standard InChI is InChI=1S/C13H6F3NO4/c14-9-5-8(17(19)20)1-2-12(9)21-13-10(15)3-7(6-18)4-11(13)16/h1-6H. The molecule has 0 bridgehead atoms. The van der Waals surface area contributed by atoms with E-state index in [9.17, 15) is 28.1 Å². The molecule has 0 N–H and O–H groups in total. The summed E-state index contributed by atoms with van der Waals surface area (Å²) in [5.74, 6) is -5.04. The van der Waals surface area contributed by atoms with Crippen LogP contribution in [0.15, 0.2) is 30.3 Å². The lowest BCUT2D eigenvalue weighted by Crippen LogP contribution is -1.97. The number of rotatable bonds is 4. The van der Waals surface area contributed by atoms with Crippen molar-refractivity contribution >= 4 is 12.0 Å². The van der Waals surface area contributed by atoms with Crippen LogP contribution in [0.4, 0.5) is 18.9 Å². The number of nitrogens with zero attached hydrogens (tertiary/aromatic N) is 1. The molecule has 0 saturated heterocycles. The van der Waals surface area contributed by atoms with Gasteiger partial charge in [-0.3, -0.25) is 14.9 Å². The van der Waals surface area contributed by atoms with Crippen molar-refractivity contribution in [2.75, 3.05) is 0 Å². The van der Waals surface area contributed by atoms with E-state index >= 15 is 0 Å². The Balaban J connectivity index is 2.39. The molecule has 0 aliphatic carbocycles. The molecule has 2 aromatic rings. The molecule has 2 aromatic carbocycles. The summed E-state index contributed by atoms with van der Waals surface area (Å²) in [4.78, 5) is 20.1. The first kappa shape index (κ1) is 14.5. The number of aldehydes is 1. The molecule has 0 aromatic heterocycles. The van der Waals surface area contributed by atoms with Gasteiger partial charge in [0.2, 0.25) is 0 Å². The van der Waals surface area contributed by atoms with Crippen LogP contribution in [0.5, 0.6) is 11.5 Å². The molecule has 0 atom stereocenters. The van der Waals surface area contributed by atoms with Crippen LogP contribution >= 0.6 is 0 Å². The fourth-order valence-corrected chi connectivity index (χ4v) is 1.54. The van der Waals surface area contributed by atoms with E-state index in [4.69, 9.17) is 4.74 Å². The third-order valence-electron chi connectivity index (χ3n) is 2.49. The van der Waals surface area contributed by atoms with Gasteiger partial charge in [-0.15, -0.1) is 0 Å². The topological polar surface area (TPSA) is 69.4 Å². The molecule has 8 heteroatoms. The van der Waals surface area contributed by atoms with Crippen molar-refractivity contribution in [1.82, 2.24) is 0 Å². The van der Waals surface area contributed by atoms with E-state index in [1.54, 1.807) is 0 Å². The average molecular weight is 297 g/mol. The number of hydrogen-bond donors (Lipinski definition) is 0. The first-order valence-corrected chi connectivity index (χ1v) is 5.48. The monoisotopic (exact) mass is 297 g/mol.